The third-order valence-electron chi connectivity index (χ3n) is 2.44. The summed E-state index contributed by atoms with van der Waals surface area (Å²) in [5.74, 6) is -1.44. The van der Waals surface area contributed by atoms with Gasteiger partial charge in [-0.1, -0.05) is 13.8 Å². The molecule has 0 aromatic carbocycles. The Morgan fingerprint density at radius 1 is 1.47 bits per heavy atom. The number of carboxylic acid groups (broad SMARTS) is 1. The lowest BCUT2D eigenvalue weighted by molar-refractivity contribution is -0.144. The van der Waals surface area contributed by atoms with Gasteiger partial charge in [0.05, 0.1) is 6.20 Å². The van der Waals surface area contributed by atoms with Gasteiger partial charge in [0.25, 0.3) is 5.56 Å². The molecule has 0 amide bonds. The van der Waals surface area contributed by atoms with Gasteiger partial charge in [-0.2, -0.15) is 13.2 Å². The number of alkyl halides is 3. The van der Waals surface area contributed by atoms with Gasteiger partial charge in [0.2, 0.25) is 0 Å². The first-order chi connectivity index (χ1) is 8.62. The van der Waals surface area contributed by atoms with E-state index < -0.39 is 29.4 Å². The number of rotatable bonds is 4. The maximum absolute atomic E-state index is 12.5. The molecule has 1 atom stereocenters. The number of carboxylic acids is 1. The summed E-state index contributed by atoms with van der Waals surface area (Å²) in [4.78, 5) is 25.6. The van der Waals surface area contributed by atoms with E-state index in [9.17, 15) is 22.8 Å². The van der Waals surface area contributed by atoms with Gasteiger partial charge in [-0.05, 0) is 12.3 Å². The molecule has 5 nitrogen and oxygen atoms in total. The fourth-order valence-electron chi connectivity index (χ4n) is 1.59. The van der Waals surface area contributed by atoms with Gasteiger partial charge in [-0.3, -0.25) is 9.36 Å². The van der Waals surface area contributed by atoms with Crippen molar-refractivity contribution in [1.82, 2.24) is 9.55 Å². The molecule has 0 radical (unpaired) electrons. The molecule has 0 bridgehead atoms. The monoisotopic (exact) mass is 278 g/mol. The van der Waals surface area contributed by atoms with Gasteiger partial charge in [0.15, 0.2) is 5.69 Å². The fraction of sp³-hybridized carbons (Fsp3) is 0.545. The Hall–Kier alpha value is -1.86. The molecule has 8 heteroatoms. The van der Waals surface area contributed by atoms with Gasteiger partial charge in [0, 0.05) is 6.20 Å². The second-order valence-corrected chi connectivity index (χ2v) is 4.50. The highest BCUT2D eigenvalue weighted by atomic mass is 19.4. The Morgan fingerprint density at radius 3 is 2.47 bits per heavy atom. The second-order valence-electron chi connectivity index (χ2n) is 4.50. The molecule has 0 saturated heterocycles. The third kappa shape index (κ3) is 3.80. The minimum atomic E-state index is -4.73. The lowest BCUT2D eigenvalue weighted by Gasteiger charge is -2.18. The zero-order chi connectivity index (χ0) is 14.8. The highest BCUT2D eigenvalue weighted by Gasteiger charge is 2.34. The number of hydrogen-bond acceptors (Lipinski definition) is 3. The van der Waals surface area contributed by atoms with Crippen molar-refractivity contribution in [2.75, 3.05) is 0 Å². The standard InChI is InChI=1S/C11H13F3N2O3/c1-6(2)3-7(10(18)19)16-5-8(11(12,13)14)15-4-9(16)17/h4-7H,3H2,1-2H3,(H,18,19). The quantitative estimate of drug-likeness (QED) is 0.913. The van der Waals surface area contributed by atoms with Crippen LogP contribution in [0, 0.1) is 5.92 Å². The minimum absolute atomic E-state index is 0.0521. The van der Waals surface area contributed by atoms with Crippen molar-refractivity contribution in [2.24, 2.45) is 5.92 Å². The molecule has 1 N–H and O–H groups in total. The first-order valence-corrected chi connectivity index (χ1v) is 5.51. The van der Waals surface area contributed by atoms with E-state index in [1.54, 1.807) is 13.8 Å². The summed E-state index contributed by atoms with van der Waals surface area (Å²) in [6.07, 6.45) is -3.74. The van der Waals surface area contributed by atoms with Gasteiger partial charge in [0.1, 0.15) is 6.04 Å². The largest absolute Gasteiger partial charge is 0.480 e. The van der Waals surface area contributed by atoms with E-state index in [1.165, 1.54) is 0 Å². The summed E-state index contributed by atoms with van der Waals surface area (Å²) < 4.78 is 38.1. The SMILES string of the molecule is CC(C)CC(C(=O)O)n1cc(C(F)(F)F)ncc1=O. The average Bonchev–Trinajstić information content (AvgIpc) is 2.24. The van der Waals surface area contributed by atoms with Gasteiger partial charge in [-0.15, -0.1) is 0 Å². The summed E-state index contributed by atoms with van der Waals surface area (Å²) >= 11 is 0. The van der Waals surface area contributed by atoms with Crippen molar-refractivity contribution in [1.29, 1.82) is 0 Å². The number of carbonyl (C=O) groups is 1. The molecule has 1 heterocycles. The van der Waals surface area contributed by atoms with E-state index in [2.05, 4.69) is 4.98 Å². The molecular weight excluding hydrogens is 265 g/mol. The van der Waals surface area contributed by atoms with Crippen LogP contribution >= 0.6 is 0 Å². The Kier molecular flexibility index (Phi) is 4.33. The number of halogens is 3. The van der Waals surface area contributed by atoms with E-state index in [1.807, 2.05) is 0 Å². The van der Waals surface area contributed by atoms with Crippen LogP contribution in [0.5, 0.6) is 0 Å². The maximum Gasteiger partial charge on any atom is 0.434 e. The Balaban J connectivity index is 3.30. The molecule has 106 valence electrons. The highest BCUT2D eigenvalue weighted by Crippen LogP contribution is 2.27. The molecule has 19 heavy (non-hydrogen) atoms. The van der Waals surface area contributed by atoms with Gasteiger partial charge < -0.3 is 5.11 Å². The average molecular weight is 278 g/mol. The molecule has 1 aromatic rings. The van der Waals surface area contributed by atoms with E-state index in [4.69, 9.17) is 5.11 Å². The van der Waals surface area contributed by atoms with Crippen LogP contribution in [0.25, 0.3) is 0 Å². The molecule has 1 rings (SSSR count). The Morgan fingerprint density at radius 2 is 2.05 bits per heavy atom. The van der Waals surface area contributed by atoms with Crippen LogP contribution in [0.15, 0.2) is 17.2 Å². The lowest BCUT2D eigenvalue weighted by atomic mass is 10.0. The van der Waals surface area contributed by atoms with Crippen molar-refractivity contribution < 1.29 is 23.1 Å². The zero-order valence-electron chi connectivity index (χ0n) is 10.3. The van der Waals surface area contributed by atoms with Crippen molar-refractivity contribution in [2.45, 2.75) is 32.5 Å². The molecule has 0 aliphatic rings. The first kappa shape index (κ1) is 15.2. The summed E-state index contributed by atoms with van der Waals surface area (Å²) in [7, 11) is 0. The number of hydrogen-bond donors (Lipinski definition) is 1. The molecule has 1 aromatic heterocycles. The topological polar surface area (TPSA) is 72.2 Å². The van der Waals surface area contributed by atoms with Crippen molar-refractivity contribution in [3.8, 4) is 0 Å². The van der Waals surface area contributed by atoms with Crippen LogP contribution in [0.3, 0.4) is 0 Å². The summed E-state index contributed by atoms with van der Waals surface area (Å²) in [6.45, 7) is 3.43. The van der Waals surface area contributed by atoms with E-state index in [-0.39, 0.29) is 12.3 Å². The molecule has 0 aliphatic carbocycles. The zero-order valence-corrected chi connectivity index (χ0v) is 10.3. The predicted molar refractivity (Wildman–Crippen MR) is 59.6 cm³/mol. The van der Waals surface area contributed by atoms with Crippen molar-refractivity contribution >= 4 is 5.97 Å². The van der Waals surface area contributed by atoms with E-state index >= 15 is 0 Å². The summed E-state index contributed by atoms with van der Waals surface area (Å²) in [5.41, 5.74) is -2.16. The van der Waals surface area contributed by atoms with Crippen molar-refractivity contribution in [3.63, 3.8) is 0 Å². The molecular formula is C11H13F3N2O3. The summed E-state index contributed by atoms with van der Waals surface area (Å²) in [6, 6.07) is -1.34. The van der Waals surface area contributed by atoms with Crippen LogP contribution in [0.2, 0.25) is 0 Å². The van der Waals surface area contributed by atoms with Crippen LogP contribution in [-0.4, -0.2) is 20.6 Å². The Labute approximate surface area is 106 Å². The summed E-state index contributed by atoms with van der Waals surface area (Å²) in [5, 5.41) is 9.03. The minimum Gasteiger partial charge on any atom is -0.480 e. The maximum atomic E-state index is 12.5. The van der Waals surface area contributed by atoms with E-state index in [0.29, 0.717) is 17.0 Å². The predicted octanol–water partition coefficient (Wildman–Crippen LogP) is 1.93. The lowest BCUT2D eigenvalue weighted by Crippen LogP contribution is -2.32. The Bertz CT molecular complexity index is 523. The van der Waals surface area contributed by atoms with Crippen LogP contribution in [0.4, 0.5) is 13.2 Å². The van der Waals surface area contributed by atoms with Gasteiger partial charge >= 0.3 is 12.1 Å². The molecule has 1 unspecified atom stereocenters. The smallest absolute Gasteiger partial charge is 0.434 e. The van der Waals surface area contributed by atoms with Gasteiger partial charge in [-0.25, -0.2) is 9.78 Å². The van der Waals surface area contributed by atoms with E-state index in [0.717, 1.165) is 0 Å². The third-order valence-corrected chi connectivity index (χ3v) is 2.44. The fourth-order valence-corrected chi connectivity index (χ4v) is 1.59. The first-order valence-electron chi connectivity index (χ1n) is 5.51. The van der Waals surface area contributed by atoms with Crippen LogP contribution in [0.1, 0.15) is 32.0 Å². The number of aliphatic carboxylic acids is 1. The number of aromatic nitrogens is 2. The molecule has 0 fully saturated rings. The van der Waals surface area contributed by atoms with Crippen LogP contribution < -0.4 is 5.56 Å². The molecule has 0 spiro atoms. The normalized spacial score (nSPS) is 13.6. The number of nitrogens with zero attached hydrogens (tertiary/aromatic N) is 2. The molecule has 0 aliphatic heterocycles. The highest BCUT2D eigenvalue weighted by molar-refractivity contribution is 5.71. The van der Waals surface area contributed by atoms with Crippen LogP contribution in [-0.2, 0) is 11.0 Å². The van der Waals surface area contributed by atoms with Crippen molar-refractivity contribution in [3.05, 3.63) is 28.4 Å². The second kappa shape index (κ2) is 5.41. The molecule has 0 saturated carbocycles.